The molecule has 118 valence electrons. The number of benzene rings is 2. The molecule has 6 nitrogen and oxygen atoms in total. The number of esters is 2. The van der Waals surface area contributed by atoms with Gasteiger partial charge in [0.25, 0.3) is 5.91 Å². The molecule has 1 N–H and O–H groups in total. The minimum absolute atomic E-state index is 0.220. The maximum atomic E-state index is 11.9. The van der Waals surface area contributed by atoms with E-state index in [2.05, 4.69) is 10.1 Å². The summed E-state index contributed by atoms with van der Waals surface area (Å²) >= 11 is 0. The van der Waals surface area contributed by atoms with Crippen LogP contribution in [-0.4, -0.2) is 31.6 Å². The number of methoxy groups -OCH3 is 1. The smallest absolute Gasteiger partial charge is 0.339 e. The minimum Gasteiger partial charge on any atom is -0.465 e. The van der Waals surface area contributed by atoms with Gasteiger partial charge in [-0.2, -0.15) is 0 Å². The Labute approximate surface area is 133 Å². The van der Waals surface area contributed by atoms with Gasteiger partial charge in [0.15, 0.2) is 6.61 Å². The Hall–Kier alpha value is -3.15. The van der Waals surface area contributed by atoms with Gasteiger partial charge in [0.2, 0.25) is 0 Å². The molecule has 0 saturated heterocycles. The molecule has 0 radical (unpaired) electrons. The number of rotatable bonds is 5. The Morgan fingerprint density at radius 1 is 0.913 bits per heavy atom. The predicted molar refractivity (Wildman–Crippen MR) is 83.1 cm³/mol. The zero-order valence-electron chi connectivity index (χ0n) is 12.4. The van der Waals surface area contributed by atoms with Crippen molar-refractivity contribution in [3.8, 4) is 0 Å². The van der Waals surface area contributed by atoms with Gasteiger partial charge in [-0.15, -0.1) is 0 Å². The van der Waals surface area contributed by atoms with Crippen molar-refractivity contribution in [2.75, 3.05) is 19.0 Å². The molecule has 0 aliphatic rings. The van der Waals surface area contributed by atoms with Crippen LogP contribution in [0.5, 0.6) is 0 Å². The molecule has 2 aromatic rings. The van der Waals surface area contributed by atoms with E-state index in [-0.39, 0.29) is 5.56 Å². The van der Waals surface area contributed by atoms with Gasteiger partial charge in [0.05, 0.1) is 23.9 Å². The highest BCUT2D eigenvalue weighted by molar-refractivity contribution is 6.02. The Morgan fingerprint density at radius 2 is 1.57 bits per heavy atom. The number of para-hydroxylation sites is 1. The summed E-state index contributed by atoms with van der Waals surface area (Å²) in [7, 11) is 1.25. The average Bonchev–Trinajstić information content (AvgIpc) is 2.60. The van der Waals surface area contributed by atoms with Crippen molar-refractivity contribution < 1.29 is 23.9 Å². The molecule has 0 fully saturated rings. The van der Waals surface area contributed by atoms with Crippen molar-refractivity contribution in [1.29, 1.82) is 0 Å². The molecule has 0 bridgehead atoms. The first-order chi connectivity index (χ1) is 11.1. The third kappa shape index (κ3) is 4.41. The zero-order chi connectivity index (χ0) is 16.7. The van der Waals surface area contributed by atoms with E-state index < -0.39 is 24.5 Å². The first-order valence-electron chi connectivity index (χ1n) is 6.81. The Bertz CT molecular complexity index is 712. The van der Waals surface area contributed by atoms with Crippen LogP contribution < -0.4 is 5.32 Å². The summed E-state index contributed by atoms with van der Waals surface area (Å²) in [6.45, 7) is -0.455. The van der Waals surface area contributed by atoms with E-state index in [0.717, 1.165) is 0 Å². The Morgan fingerprint density at radius 3 is 2.26 bits per heavy atom. The summed E-state index contributed by atoms with van der Waals surface area (Å²) in [5.74, 6) is -1.71. The molecule has 0 aromatic heterocycles. The number of hydrogen-bond acceptors (Lipinski definition) is 5. The van der Waals surface area contributed by atoms with Crippen molar-refractivity contribution in [2.24, 2.45) is 0 Å². The average molecular weight is 313 g/mol. The van der Waals surface area contributed by atoms with Crippen LogP contribution in [-0.2, 0) is 14.3 Å². The van der Waals surface area contributed by atoms with Crippen LogP contribution >= 0.6 is 0 Å². The standard InChI is InChI=1S/C17H15NO5/c1-22-17(21)13-9-5-6-10-14(13)18-15(19)11-23-16(20)12-7-3-2-4-8-12/h2-10H,11H2,1H3,(H,18,19). The molecular formula is C17H15NO5. The number of ether oxygens (including phenoxy) is 2. The Balaban J connectivity index is 1.96. The lowest BCUT2D eigenvalue weighted by atomic mass is 10.2. The van der Waals surface area contributed by atoms with Crippen molar-refractivity contribution in [2.45, 2.75) is 0 Å². The summed E-state index contributed by atoms with van der Waals surface area (Å²) in [5, 5.41) is 2.52. The molecular weight excluding hydrogens is 298 g/mol. The fourth-order valence-electron chi connectivity index (χ4n) is 1.86. The summed E-state index contributed by atoms with van der Waals surface area (Å²) in [4.78, 5) is 35.2. The van der Waals surface area contributed by atoms with Gasteiger partial charge in [0, 0.05) is 0 Å². The van der Waals surface area contributed by atoms with E-state index in [9.17, 15) is 14.4 Å². The largest absolute Gasteiger partial charge is 0.465 e. The van der Waals surface area contributed by atoms with Crippen LogP contribution in [0, 0.1) is 0 Å². The van der Waals surface area contributed by atoms with Crippen LogP contribution in [0.2, 0.25) is 0 Å². The second kappa shape index (κ2) is 7.74. The molecule has 2 aromatic carbocycles. The number of hydrogen-bond donors (Lipinski definition) is 1. The zero-order valence-corrected chi connectivity index (χ0v) is 12.4. The van der Waals surface area contributed by atoms with Gasteiger partial charge in [-0.1, -0.05) is 30.3 Å². The molecule has 1 amide bonds. The maximum Gasteiger partial charge on any atom is 0.339 e. The van der Waals surface area contributed by atoms with Crippen molar-refractivity contribution in [1.82, 2.24) is 0 Å². The van der Waals surface area contributed by atoms with Crippen molar-refractivity contribution in [3.63, 3.8) is 0 Å². The van der Waals surface area contributed by atoms with Gasteiger partial charge in [-0.05, 0) is 24.3 Å². The van der Waals surface area contributed by atoms with Crippen LogP contribution in [0.1, 0.15) is 20.7 Å². The van der Waals surface area contributed by atoms with Crippen LogP contribution in [0.3, 0.4) is 0 Å². The SMILES string of the molecule is COC(=O)c1ccccc1NC(=O)COC(=O)c1ccccc1. The molecule has 0 saturated carbocycles. The third-order valence-electron chi connectivity index (χ3n) is 2.95. The fraction of sp³-hybridized carbons (Fsp3) is 0.118. The normalized spacial score (nSPS) is 9.78. The lowest BCUT2D eigenvalue weighted by Crippen LogP contribution is -2.22. The van der Waals surface area contributed by atoms with E-state index >= 15 is 0 Å². The van der Waals surface area contributed by atoms with Crippen molar-refractivity contribution >= 4 is 23.5 Å². The molecule has 0 heterocycles. The fourth-order valence-corrected chi connectivity index (χ4v) is 1.86. The van der Waals surface area contributed by atoms with Crippen LogP contribution in [0.25, 0.3) is 0 Å². The van der Waals surface area contributed by atoms with Gasteiger partial charge in [-0.3, -0.25) is 4.79 Å². The second-order valence-electron chi connectivity index (χ2n) is 4.53. The number of carbonyl (C=O) groups is 3. The summed E-state index contributed by atoms with van der Waals surface area (Å²) < 4.78 is 9.56. The third-order valence-corrected chi connectivity index (χ3v) is 2.95. The molecule has 0 unspecified atom stereocenters. The molecule has 0 spiro atoms. The van der Waals surface area contributed by atoms with Crippen LogP contribution in [0.15, 0.2) is 54.6 Å². The first-order valence-corrected chi connectivity index (χ1v) is 6.81. The monoisotopic (exact) mass is 313 g/mol. The van der Waals surface area contributed by atoms with E-state index in [1.807, 2.05) is 0 Å². The quantitative estimate of drug-likeness (QED) is 0.856. The lowest BCUT2D eigenvalue weighted by Gasteiger charge is -2.10. The highest BCUT2D eigenvalue weighted by Crippen LogP contribution is 2.15. The van der Waals surface area contributed by atoms with Crippen LogP contribution in [0.4, 0.5) is 5.69 Å². The van der Waals surface area contributed by atoms with E-state index in [4.69, 9.17) is 4.74 Å². The van der Waals surface area contributed by atoms with E-state index in [1.54, 1.807) is 48.5 Å². The molecule has 0 aliphatic carbocycles. The predicted octanol–water partition coefficient (Wildman–Crippen LogP) is 2.27. The molecule has 0 atom stereocenters. The summed E-state index contributed by atoms with van der Waals surface area (Å²) in [6.07, 6.45) is 0. The van der Waals surface area contributed by atoms with E-state index in [0.29, 0.717) is 11.3 Å². The van der Waals surface area contributed by atoms with Gasteiger partial charge < -0.3 is 14.8 Å². The second-order valence-corrected chi connectivity index (χ2v) is 4.53. The highest BCUT2D eigenvalue weighted by atomic mass is 16.5. The number of anilines is 1. The molecule has 6 heteroatoms. The van der Waals surface area contributed by atoms with Gasteiger partial charge in [0.1, 0.15) is 0 Å². The topological polar surface area (TPSA) is 81.7 Å². The van der Waals surface area contributed by atoms with Crippen molar-refractivity contribution in [3.05, 3.63) is 65.7 Å². The summed E-state index contributed by atoms with van der Waals surface area (Å²) in [6, 6.07) is 14.7. The molecule has 23 heavy (non-hydrogen) atoms. The van der Waals surface area contributed by atoms with E-state index in [1.165, 1.54) is 13.2 Å². The first kappa shape index (κ1) is 16.2. The summed E-state index contributed by atoms with van der Waals surface area (Å²) in [5.41, 5.74) is 0.869. The van der Waals surface area contributed by atoms with Gasteiger partial charge >= 0.3 is 11.9 Å². The lowest BCUT2D eigenvalue weighted by molar-refractivity contribution is -0.119. The Kier molecular flexibility index (Phi) is 5.46. The molecule has 0 aliphatic heterocycles. The minimum atomic E-state index is -0.595. The number of nitrogens with one attached hydrogen (secondary N) is 1. The molecule has 2 rings (SSSR count). The number of carbonyl (C=O) groups excluding carboxylic acids is 3. The maximum absolute atomic E-state index is 11.9. The number of amides is 1. The highest BCUT2D eigenvalue weighted by Gasteiger charge is 2.14. The van der Waals surface area contributed by atoms with Gasteiger partial charge in [-0.25, -0.2) is 9.59 Å².